The molecule has 0 radical (unpaired) electrons. The van der Waals surface area contributed by atoms with E-state index in [0.717, 1.165) is 6.42 Å². The van der Waals surface area contributed by atoms with Crippen LogP contribution in [-0.4, -0.2) is 0 Å². The minimum absolute atomic E-state index is 0.593. The van der Waals surface area contributed by atoms with Gasteiger partial charge in [0, 0.05) is 5.92 Å². The van der Waals surface area contributed by atoms with E-state index in [0.29, 0.717) is 5.92 Å². The maximum absolute atomic E-state index is 2.39. The normalized spacial score (nSPS) is 26.8. The summed E-state index contributed by atoms with van der Waals surface area (Å²) in [5, 5.41) is 0. The molecule has 1 unspecified atom stereocenters. The third kappa shape index (κ3) is 1.31. The highest BCUT2D eigenvalue weighted by Crippen LogP contribution is 2.37. The first-order chi connectivity index (χ1) is 6.20. The van der Waals surface area contributed by atoms with Crippen LogP contribution in [0.4, 0.5) is 0 Å². The van der Waals surface area contributed by atoms with Crippen LogP contribution in [-0.2, 0) is 0 Å². The Kier molecular flexibility index (Phi) is 1.99. The van der Waals surface area contributed by atoms with Crippen molar-refractivity contribution in [2.24, 2.45) is 5.92 Å². The molecule has 0 nitrogen and oxygen atoms in total. The van der Waals surface area contributed by atoms with Crippen molar-refractivity contribution in [3.05, 3.63) is 46.6 Å². The average molecular weight is 172 g/mol. The van der Waals surface area contributed by atoms with Crippen LogP contribution in [0.5, 0.6) is 0 Å². The molecule has 0 amide bonds. The molecular weight excluding hydrogens is 156 g/mol. The molecule has 0 saturated carbocycles. The smallest absolute Gasteiger partial charge is 0.0202 e. The number of hydrogen-bond donors (Lipinski definition) is 0. The van der Waals surface area contributed by atoms with Gasteiger partial charge in [0.15, 0.2) is 0 Å². The van der Waals surface area contributed by atoms with Crippen molar-refractivity contribution >= 4 is 0 Å². The molecule has 13 heavy (non-hydrogen) atoms. The Bertz CT molecular complexity index is 348. The second-order valence-electron chi connectivity index (χ2n) is 4.01. The van der Waals surface area contributed by atoms with Gasteiger partial charge < -0.3 is 0 Å². The molecule has 2 aliphatic rings. The molecule has 0 bridgehead atoms. The second kappa shape index (κ2) is 3.02. The van der Waals surface area contributed by atoms with E-state index in [9.17, 15) is 0 Å². The van der Waals surface area contributed by atoms with Crippen LogP contribution in [0.15, 0.2) is 46.6 Å². The van der Waals surface area contributed by atoms with Gasteiger partial charge in [0.2, 0.25) is 0 Å². The van der Waals surface area contributed by atoms with Crippen molar-refractivity contribution in [3.63, 3.8) is 0 Å². The molecule has 0 aromatic rings. The van der Waals surface area contributed by atoms with Crippen LogP contribution in [0.25, 0.3) is 0 Å². The minimum atomic E-state index is 0.593. The standard InChI is InChI=1S/C13H16/c1-9-8-13(11(3)10(9)2)12-6-4-5-7-12/h4-6,8,13H,7H2,1-3H3. The summed E-state index contributed by atoms with van der Waals surface area (Å²) in [5.74, 6) is 0.593. The summed E-state index contributed by atoms with van der Waals surface area (Å²) in [6.45, 7) is 6.69. The quantitative estimate of drug-likeness (QED) is 0.564. The summed E-state index contributed by atoms with van der Waals surface area (Å²) in [6.07, 6.45) is 10.2. The Morgan fingerprint density at radius 2 is 2.00 bits per heavy atom. The maximum atomic E-state index is 2.39. The van der Waals surface area contributed by atoms with Crippen molar-refractivity contribution in [1.82, 2.24) is 0 Å². The molecule has 0 aromatic heterocycles. The van der Waals surface area contributed by atoms with E-state index in [1.165, 1.54) is 16.7 Å². The molecule has 68 valence electrons. The molecule has 0 aromatic carbocycles. The van der Waals surface area contributed by atoms with Crippen LogP contribution in [0.2, 0.25) is 0 Å². The molecule has 0 N–H and O–H groups in total. The van der Waals surface area contributed by atoms with E-state index < -0.39 is 0 Å². The molecule has 2 rings (SSSR count). The van der Waals surface area contributed by atoms with Gasteiger partial charge in [0.25, 0.3) is 0 Å². The molecule has 0 heteroatoms. The molecule has 0 fully saturated rings. The van der Waals surface area contributed by atoms with Gasteiger partial charge in [0.05, 0.1) is 0 Å². The van der Waals surface area contributed by atoms with Crippen molar-refractivity contribution in [2.45, 2.75) is 27.2 Å². The Morgan fingerprint density at radius 3 is 2.46 bits per heavy atom. The van der Waals surface area contributed by atoms with Gasteiger partial charge >= 0.3 is 0 Å². The number of rotatable bonds is 1. The molecule has 0 saturated heterocycles. The summed E-state index contributed by atoms with van der Waals surface area (Å²) in [5.41, 5.74) is 6.02. The Balaban J connectivity index is 2.29. The van der Waals surface area contributed by atoms with Crippen LogP contribution in [0, 0.1) is 5.92 Å². The van der Waals surface area contributed by atoms with Crippen molar-refractivity contribution in [3.8, 4) is 0 Å². The van der Waals surface area contributed by atoms with E-state index in [4.69, 9.17) is 0 Å². The SMILES string of the molecule is CC1=CC(C2=CC=CC2)C(C)=C1C. The van der Waals surface area contributed by atoms with Gasteiger partial charge in [-0.3, -0.25) is 0 Å². The molecule has 0 heterocycles. The molecule has 1 atom stereocenters. The van der Waals surface area contributed by atoms with Crippen LogP contribution < -0.4 is 0 Å². The van der Waals surface area contributed by atoms with Gasteiger partial charge in [-0.1, -0.05) is 41.0 Å². The van der Waals surface area contributed by atoms with Gasteiger partial charge in [-0.2, -0.15) is 0 Å². The zero-order chi connectivity index (χ0) is 9.42. The van der Waals surface area contributed by atoms with E-state index in [1.807, 2.05) is 0 Å². The maximum Gasteiger partial charge on any atom is 0.0202 e. The summed E-state index contributed by atoms with van der Waals surface area (Å²) < 4.78 is 0. The number of allylic oxidation sites excluding steroid dienone is 8. The molecule has 0 spiro atoms. The highest BCUT2D eigenvalue weighted by Gasteiger charge is 2.21. The van der Waals surface area contributed by atoms with Crippen LogP contribution in [0.1, 0.15) is 27.2 Å². The first kappa shape index (κ1) is 8.55. The van der Waals surface area contributed by atoms with Gasteiger partial charge in [-0.05, 0) is 32.8 Å². The lowest BCUT2D eigenvalue weighted by Crippen LogP contribution is -1.98. The van der Waals surface area contributed by atoms with Crippen molar-refractivity contribution in [2.75, 3.05) is 0 Å². The second-order valence-corrected chi connectivity index (χ2v) is 4.01. The fourth-order valence-electron chi connectivity index (χ4n) is 2.12. The highest BCUT2D eigenvalue weighted by atomic mass is 14.3. The van der Waals surface area contributed by atoms with Crippen molar-refractivity contribution in [1.29, 1.82) is 0 Å². The first-order valence-electron chi connectivity index (χ1n) is 4.92. The Morgan fingerprint density at radius 1 is 1.23 bits per heavy atom. The Hall–Kier alpha value is -1.04. The lowest BCUT2D eigenvalue weighted by Gasteiger charge is -2.11. The molecular formula is C13H16. The summed E-state index contributed by atoms with van der Waals surface area (Å²) >= 11 is 0. The van der Waals surface area contributed by atoms with E-state index >= 15 is 0 Å². The summed E-state index contributed by atoms with van der Waals surface area (Å²) in [4.78, 5) is 0. The van der Waals surface area contributed by atoms with Gasteiger partial charge in [-0.15, -0.1) is 0 Å². The third-order valence-electron chi connectivity index (χ3n) is 3.27. The molecule has 0 aliphatic heterocycles. The predicted octanol–water partition coefficient (Wildman–Crippen LogP) is 3.79. The largest absolute Gasteiger partial charge is 0.0804 e. The van der Waals surface area contributed by atoms with E-state index in [-0.39, 0.29) is 0 Å². The summed E-state index contributed by atoms with van der Waals surface area (Å²) in [7, 11) is 0. The van der Waals surface area contributed by atoms with Gasteiger partial charge in [-0.25, -0.2) is 0 Å². The third-order valence-corrected chi connectivity index (χ3v) is 3.27. The monoisotopic (exact) mass is 172 g/mol. The topological polar surface area (TPSA) is 0 Å². The first-order valence-corrected chi connectivity index (χ1v) is 4.92. The fraction of sp³-hybridized carbons (Fsp3) is 0.385. The minimum Gasteiger partial charge on any atom is -0.0804 e. The Labute approximate surface area is 80.3 Å². The zero-order valence-corrected chi connectivity index (χ0v) is 8.59. The van der Waals surface area contributed by atoms with E-state index in [2.05, 4.69) is 45.1 Å². The van der Waals surface area contributed by atoms with Gasteiger partial charge in [0.1, 0.15) is 0 Å². The highest BCUT2D eigenvalue weighted by molar-refractivity contribution is 5.47. The van der Waals surface area contributed by atoms with E-state index in [1.54, 1.807) is 5.57 Å². The average Bonchev–Trinajstić information content (AvgIpc) is 2.70. The zero-order valence-electron chi connectivity index (χ0n) is 8.59. The lowest BCUT2D eigenvalue weighted by molar-refractivity contribution is 0.878. The van der Waals surface area contributed by atoms with Crippen molar-refractivity contribution < 1.29 is 0 Å². The summed E-state index contributed by atoms with van der Waals surface area (Å²) in [6, 6.07) is 0. The fourth-order valence-corrected chi connectivity index (χ4v) is 2.12. The lowest BCUT2D eigenvalue weighted by atomic mass is 9.93. The van der Waals surface area contributed by atoms with Crippen LogP contribution >= 0.6 is 0 Å². The van der Waals surface area contributed by atoms with Crippen LogP contribution in [0.3, 0.4) is 0 Å². The predicted molar refractivity (Wildman–Crippen MR) is 57.5 cm³/mol. The molecule has 2 aliphatic carbocycles. The number of hydrogen-bond acceptors (Lipinski definition) is 0.